The van der Waals surface area contributed by atoms with Crippen molar-refractivity contribution >= 4 is 16.8 Å². The number of hydrogen-bond donors (Lipinski definition) is 1. The van der Waals surface area contributed by atoms with Crippen LogP contribution in [0.25, 0.3) is 22.2 Å². The molecule has 0 radical (unpaired) electrons. The van der Waals surface area contributed by atoms with Crippen molar-refractivity contribution in [1.82, 2.24) is 20.1 Å². The van der Waals surface area contributed by atoms with E-state index in [1.807, 2.05) is 44.3 Å². The number of aryl methyl sites for hydroxylation is 2. The van der Waals surface area contributed by atoms with E-state index in [1.165, 1.54) is 5.56 Å². The molecule has 1 atom stereocenters. The lowest BCUT2D eigenvalue weighted by Gasteiger charge is -2.15. The number of rotatable bonds is 5. The molecule has 2 aromatic carbocycles. The molecule has 0 bridgehead atoms. The second-order valence-electron chi connectivity index (χ2n) is 7.20. The first-order valence-electron chi connectivity index (χ1n) is 9.84. The minimum absolute atomic E-state index is 0.0865. The van der Waals surface area contributed by atoms with Gasteiger partial charge in [-0.25, -0.2) is 0 Å². The minimum Gasteiger partial charge on any atom is -0.345 e. The smallest absolute Gasteiger partial charge is 0.253 e. The highest BCUT2D eigenvalue weighted by molar-refractivity contribution is 6.08. The van der Waals surface area contributed by atoms with Crippen molar-refractivity contribution in [2.24, 2.45) is 7.05 Å². The van der Waals surface area contributed by atoms with Gasteiger partial charge >= 0.3 is 0 Å². The number of amides is 1. The van der Waals surface area contributed by atoms with Gasteiger partial charge in [0, 0.05) is 30.4 Å². The Bertz CT molecular complexity index is 1150. The molecular weight excluding hydrogens is 360 g/mol. The third-order valence-electron chi connectivity index (χ3n) is 5.30. The Balaban J connectivity index is 1.66. The number of hydrogen-bond acceptors (Lipinski definition) is 3. The van der Waals surface area contributed by atoms with Crippen LogP contribution >= 0.6 is 0 Å². The number of pyridine rings is 1. The van der Waals surface area contributed by atoms with Crippen molar-refractivity contribution in [1.29, 1.82) is 0 Å². The standard InChI is InChI=1S/C24H24N4O/c1-4-17-8-10-18(11-9-17)16(2)26-24(29)21-7-5-6-20-22(27-28(3)23(20)21)19-12-14-25-15-13-19/h5-16H,4H2,1-3H3,(H,26,29)/t16-/m0/s1. The van der Waals surface area contributed by atoms with Crippen molar-refractivity contribution in [2.75, 3.05) is 0 Å². The summed E-state index contributed by atoms with van der Waals surface area (Å²) < 4.78 is 1.78. The number of para-hydroxylation sites is 1. The van der Waals surface area contributed by atoms with E-state index in [2.05, 4.69) is 46.6 Å². The lowest BCUT2D eigenvalue weighted by Crippen LogP contribution is -2.27. The maximum atomic E-state index is 13.1. The summed E-state index contributed by atoms with van der Waals surface area (Å²) >= 11 is 0. The number of carbonyl (C=O) groups is 1. The molecule has 29 heavy (non-hydrogen) atoms. The van der Waals surface area contributed by atoms with Gasteiger partial charge in [-0.2, -0.15) is 5.10 Å². The zero-order valence-corrected chi connectivity index (χ0v) is 16.9. The first-order valence-corrected chi connectivity index (χ1v) is 9.84. The Morgan fingerprint density at radius 2 is 1.79 bits per heavy atom. The highest BCUT2D eigenvalue weighted by Crippen LogP contribution is 2.29. The van der Waals surface area contributed by atoms with Crippen LogP contribution in [-0.4, -0.2) is 20.7 Å². The van der Waals surface area contributed by atoms with Gasteiger partial charge in [-0.05, 0) is 42.7 Å². The van der Waals surface area contributed by atoms with Crippen LogP contribution in [0.1, 0.15) is 41.4 Å². The number of fused-ring (bicyclic) bond motifs is 1. The quantitative estimate of drug-likeness (QED) is 0.543. The highest BCUT2D eigenvalue weighted by atomic mass is 16.1. The highest BCUT2D eigenvalue weighted by Gasteiger charge is 2.19. The fraction of sp³-hybridized carbons (Fsp3) is 0.208. The van der Waals surface area contributed by atoms with Gasteiger partial charge in [-0.1, -0.05) is 43.3 Å². The SMILES string of the molecule is CCc1ccc([C@H](C)NC(=O)c2cccc3c(-c4ccncc4)nn(C)c23)cc1. The number of carbonyl (C=O) groups excluding carboxylic acids is 1. The molecule has 0 fully saturated rings. The normalized spacial score (nSPS) is 12.1. The molecule has 4 aromatic rings. The Labute approximate surface area is 170 Å². The molecule has 0 aliphatic rings. The summed E-state index contributed by atoms with van der Waals surface area (Å²) in [5.41, 5.74) is 5.65. The molecule has 5 nitrogen and oxygen atoms in total. The fourth-order valence-corrected chi connectivity index (χ4v) is 3.64. The molecule has 146 valence electrons. The third-order valence-corrected chi connectivity index (χ3v) is 5.30. The molecule has 2 aromatic heterocycles. The van der Waals surface area contributed by atoms with Gasteiger partial charge in [0.2, 0.25) is 0 Å². The average molecular weight is 384 g/mol. The first-order chi connectivity index (χ1) is 14.1. The van der Waals surface area contributed by atoms with Crippen molar-refractivity contribution in [2.45, 2.75) is 26.3 Å². The first kappa shape index (κ1) is 18.9. The minimum atomic E-state index is -0.105. The molecular formula is C24H24N4O. The fourth-order valence-electron chi connectivity index (χ4n) is 3.64. The second-order valence-corrected chi connectivity index (χ2v) is 7.20. The van der Waals surface area contributed by atoms with E-state index in [-0.39, 0.29) is 11.9 Å². The van der Waals surface area contributed by atoms with E-state index in [9.17, 15) is 4.79 Å². The van der Waals surface area contributed by atoms with E-state index >= 15 is 0 Å². The van der Waals surface area contributed by atoms with Crippen LogP contribution in [0.2, 0.25) is 0 Å². The monoisotopic (exact) mass is 384 g/mol. The number of nitrogens with zero attached hydrogens (tertiary/aromatic N) is 3. The Morgan fingerprint density at radius 3 is 2.48 bits per heavy atom. The van der Waals surface area contributed by atoms with Crippen LogP contribution in [0, 0.1) is 0 Å². The number of nitrogens with one attached hydrogen (secondary N) is 1. The average Bonchev–Trinajstić information content (AvgIpc) is 3.11. The maximum absolute atomic E-state index is 13.1. The van der Waals surface area contributed by atoms with Crippen LogP contribution in [-0.2, 0) is 13.5 Å². The summed E-state index contributed by atoms with van der Waals surface area (Å²) in [6, 6.07) is 17.9. The van der Waals surface area contributed by atoms with Crippen LogP contribution < -0.4 is 5.32 Å². The molecule has 5 heteroatoms. The largest absolute Gasteiger partial charge is 0.345 e. The Morgan fingerprint density at radius 1 is 1.07 bits per heavy atom. The summed E-state index contributed by atoms with van der Waals surface area (Å²) in [6.45, 7) is 4.14. The lowest BCUT2D eigenvalue weighted by molar-refractivity contribution is 0.0941. The van der Waals surface area contributed by atoms with Crippen LogP contribution in [0.3, 0.4) is 0 Å². The predicted molar refractivity (Wildman–Crippen MR) is 116 cm³/mol. The van der Waals surface area contributed by atoms with Gasteiger partial charge in [0.15, 0.2) is 0 Å². The summed E-state index contributed by atoms with van der Waals surface area (Å²) in [4.78, 5) is 17.2. The zero-order valence-electron chi connectivity index (χ0n) is 16.9. The molecule has 4 rings (SSSR count). The van der Waals surface area contributed by atoms with E-state index in [0.717, 1.165) is 34.1 Å². The third kappa shape index (κ3) is 3.63. The molecule has 0 unspecified atom stereocenters. The van der Waals surface area contributed by atoms with Crippen LogP contribution in [0.5, 0.6) is 0 Å². The van der Waals surface area contributed by atoms with Crippen molar-refractivity contribution in [3.63, 3.8) is 0 Å². The van der Waals surface area contributed by atoms with Gasteiger partial charge in [-0.15, -0.1) is 0 Å². The molecule has 1 N–H and O–H groups in total. The Hall–Kier alpha value is -3.47. The van der Waals surface area contributed by atoms with E-state index in [4.69, 9.17) is 0 Å². The zero-order chi connectivity index (χ0) is 20.4. The molecule has 0 saturated heterocycles. The molecule has 1 amide bonds. The summed E-state index contributed by atoms with van der Waals surface area (Å²) in [5.74, 6) is -0.105. The van der Waals surface area contributed by atoms with Gasteiger partial charge in [0.25, 0.3) is 5.91 Å². The molecule has 0 saturated carbocycles. The van der Waals surface area contributed by atoms with Gasteiger partial charge in [0.1, 0.15) is 5.69 Å². The molecule has 2 heterocycles. The lowest BCUT2D eigenvalue weighted by atomic mass is 10.0. The van der Waals surface area contributed by atoms with Gasteiger partial charge in [0.05, 0.1) is 17.1 Å². The number of benzene rings is 2. The molecule has 0 aliphatic carbocycles. The summed E-state index contributed by atoms with van der Waals surface area (Å²) in [6.07, 6.45) is 4.50. The molecule has 0 spiro atoms. The van der Waals surface area contributed by atoms with E-state index < -0.39 is 0 Å². The predicted octanol–water partition coefficient (Wildman–Crippen LogP) is 4.69. The van der Waals surface area contributed by atoms with Gasteiger partial charge in [-0.3, -0.25) is 14.5 Å². The van der Waals surface area contributed by atoms with Crippen molar-refractivity contribution < 1.29 is 4.79 Å². The summed E-state index contributed by atoms with van der Waals surface area (Å²) in [7, 11) is 1.87. The molecule has 0 aliphatic heterocycles. The number of aromatic nitrogens is 3. The van der Waals surface area contributed by atoms with Crippen molar-refractivity contribution in [3.05, 3.63) is 83.7 Å². The van der Waals surface area contributed by atoms with E-state index in [0.29, 0.717) is 5.56 Å². The van der Waals surface area contributed by atoms with E-state index in [1.54, 1.807) is 17.1 Å². The van der Waals surface area contributed by atoms with Gasteiger partial charge < -0.3 is 5.32 Å². The van der Waals surface area contributed by atoms with Crippen molar-refractivity contribution in [3.8, 4) is 11.3 Å². The van der Waals surface area contributed by atoms with Crippen LogP contribution in [0.4, 0.5) is 0 Å². The summed E-state index contributed by atoms with van der Waals surface area (Å²) in [5, 5.41) is 8.75. The topological polar surface area (TPSA) is 59.8 Å². The van der Waals surface area contributed by atoms with Crippen LogP contribution in [0.15, 0.2) is 67.0 Å². The maximum Gasteiger partial charge on any atom is 0.253 e. The second kappa shape index (κ2) is 7.87. The Kier molecular flexibility index (Phi) is 5.12.